The minimum absolute atomic E-state index is 0.0952. The van der Waals surface area contributed by atoms with Crippen LogP contribution in [0.4, 0.5) is 14.9 Å². The van der Waals surface area contributed by atoms with Crippen molar-refractivity contribution in [2.45, 2.75) is 25.1 Å². The molecule has 4 aromatic rings. The first-order valence-electron chi connectivity index (χ1n) is 12.9. The summed E-state index contributed by atoms with van der Waals surface area (Å²) in [5.41, 5.74) is 2.28. The molecule has 5 rings (SSSR count). The molecule has 3 aromatic carbocycles. The van der Waals surface area contributed by atoms with Crippen molar-refractivity contribution in [2.24, 2.45) is 0 Å². The number of hydrogen-bond acceptors (Lipinski definition) is 5. The fraction of sp³-hybridized carbons (Fsp3) is 0.161. The van der Waals surface area contributed by atoms with Gasteiger partial charge in [-0.15, -0.1) is 0 Å². The summed E-state index contributed by atoms with van der Waals surface area (Å²) in [5.74, 6) is -1.68. The van der Waals surface area contributed by atoms with Gasteiger partial charge >= 0.3 is 6.09 Å². The minimum Gasteiger partial charge on any atom is -0.438 e. The van der Waals surface area contributed by atoms with Crippen LogP contribution in [0.1, 0.15) is 33.3 Å². The molecule has 1 fully saturated rings. The molecule has 0 radical (unpaired) electrons. The first kappa shape index (κ1) is 27.8. The Balaban J connectivity index is 1.39. The summed E-state index contributed by atoms with van der Waals surface area (Å²) in [7, 11) is 0. The molecule has 41 heavy (non-hydrogen) atoms. The Morgan fingerprint density at radius 3 is 2.56 bits per heavy atom. The molecule has 2 atom stereocenters. The van der Waals surface area contributed by atoms with E-state index in [-0.39, 0.29) is 12.1 Å². The van der Waals surface area contributed by atoms with Crippen molar-refractivity contribution in [3.8, 4) is 0 Å². The van der Waals surface area contributed by atoms with Crippen molar-refractivity contribution in [1.82, 2.24) is 15.2 Å². The van der Waals surface area contributed by atoms with Crippen molar-refractivity contribution in [3.05, 3.63) is 130 Å². The Kier molecular flexibility index (Phi) is 8.55. The van der Waals surface area contributed by atoms with E-state index in [9.17, 15) is 18.8 Å². The zero-order valence-corrected chi connectivity index (χ0v) is 22.6. The third-order valence-corrected chi connectivity index (χ3v) is 6.83. The van der Waals surface area contributed by atoms with Crippen LogP contribution in [-0.2, 0) is 22.5 Å². The van der Waals surface area contributed by atoms with Gasteiger partial charge in [-0.25, -0.2) is 9.18 Å². The van der Waals surface area contributed by atoms with Crippen molar-refractivity contribution in [2.75, 3.05) is 11.9 Å². The number of rotatable bonds is 9. The molecule has 0 aliphatic carbocycles. The zero-order chi connectivity index (χ0) is 28.8. The number of amides is 3. The van der Waals surface area contributed by atoms with Gasteiger partial charge in [0.15, 0.2) is 12.1 Å². The average Bonchev–Trinajstić information content (AvgIpc) is 3.29. The fourth-order valence-corrected chi connectivity index (χ4v) is 4.86. The first-order valence-corrected chi connectivity index (χ1v) is 13.3. The van der Waals surface area contributed by atoms with Crippen molar-refractivity contribution < 1.29 is 23.5 Å². The van der Waals surface area contributed by atoms with Crippen molar-refractivity contribution >= 4 is 35.2 Å². The smallest absolute Gasteiger partial charge is 0.411 e. The third-order valence-electron chi connectivity index (χ3n) is 6.59. The van der Waals surface area contributed by atoms with Crippen LogP contribution in [0.3, 0.4) is 0 Å². The molecule has 0 saturated carbocycles. The van der Waals surface area contributed by atoms with Crippen LogP contribution in [-0.4, -0.2) is 40.4 Å². The van der Waals surface area contributed by atoms with Crippen LogP contribution >= 0.6 is 11.6 Å². The van der Waals surface area contributed by atoms with Crippen molar-refractivity contribution in [1.29, 1.82) is 0 Å². The summed E-state index contributed by atoms with van der Waals surface area (Å²) in [6.45, 7) is 0.398. The van der Waals surface area contributed by atoms with Crippen LogP contribution in [0, 0.1) is 5.82 Å². The molecule has 1 saturated heterocycles. The Bertz CT molecular complexity index is 1570. The van der Waals surface area contributed by atoms with E-state index < -0.39 is 35.9 Å². The second kappa shape index (κ2) is 12.6. The SMILES string of the molecule is O=C(Nc1cccc([C@@H]2OC(=O)N(Cc3cccc(Cl)c3)[C@H]2C(=O)NCCc2ccccn2)c1)c1ccccc1F. The highest BCUT2D eigenvalue weighted by molar-refractivity contribution is 6.30. The Hall–Kier alpha value is -4.76. The normalized spacial score (nSPS) is 16.2. The van der Waals surface area contributed by atoms with Crippen LogP contribution in [0.15, 0.2) is 97.2 Å². The van der Waals surface area contributed by atoms with Gasteiger partial charge in [-0.1, -0.05) is 54.1 Å². The van der Waals surface area contributed by atoms with Gasteiger partial charge in [0.1, 0.15) is 5.82 Å². The molecule has 1 aromatic heterocycles. The third kappa shape index (κ3) is 6.70. The largest absolute Gasteiger partial charge is 0.438 e. The number of carbonyl (C=O) groups is 3. The maximum Gasteiger partial charge on any atom is 0.411 e. The number of carbonyl (C=O) groups excluding carboxylic acids is 3. The van der Waals surface area contributed by atoms with Gasteiger partial charge in [0.2, 0.25) is 5.91 Å². The summed E-state index contributed by atoms with van der Waals surface area (Å²) in [5, 5.41) is 6.08. The molecule has 0 bridgehead atoms. The minimum atomic E-state index is -1.01. The lowest BCUT2D eigenvalue weighted by atomic mass is 10.00. The predicted octanol–water partition coefficient (Wildman–Crippen LogP) is 5.55. The van der Waals surface area contributed by atoms with Gasteiger partial charge in [0.25, 0.3) is 5.91 Å². The monoisotopic (exact) mass is 572 g/mol. The van der Waals surface area contributed by atoms with Gasteiger partial charge in [0.05, 0.1) is 12.1 Å². The lowest BCUT2D eigenvalue weighted by Crippen LogP contribution is -2.46. The molecule has 8 nitrogen and oxygen atoms in total. The number of aromatic nitrogens is 1. The number of hydrogen-bond donors (Lipinski definition) is 2. The van der Waals surface area contributed by atoms with Gasteiger partial charge in [-0.3, -0.25) is 19.5 Å². The molecule has 3 amide bonds. The first-order chi connectivity index (χ1) is 19.9. The number of halogens is 2. The molecule has 10 heteroatoms. The topological polar surface area (TPSA) is 101 Å². The number of ether oxygens (including phenoxy) is 1. The predicted molar refractivity (Wildman–Crippen MR) is 152 cm³/mol. The highest BCUT2D eigenvalue weighted by atomic mass is 35.5. The Morgan fingerprint density at radius 2 is 1.78 bits per heavy atom. The van der Waals surface area contributed by atoms with Crippen LogP contribution in [0.25, 0.3) is 0 Å². The molecule has 2 N–H and O–H groups in total. The molecular weight excluding hydrogens is 547 g/mol. The summed E-state index contributed by atoms with van der Waals surface area (Å²) >= 11 is 6.15. The molecule has 2 heterocycles. The van der Waals surface area contributed by atoms with E-state index in [0.717, 1.165) is 11.3 Å². The maximum absolute atomic E-state index is 14.1. The highest BCUT2D eigenvalue weighted by Gasteiger charge is 2.47. The lowest BCUT2D eigenvalue weighted by molar-refractivity contribution is -0.126. The van der Waals surface area contributed by atoms with Gasteiger partial charge in [0, 0.05) is 35.6 Å². The summed E-state index contributed by atoms with van der Waals surface area (Å²) in [4.78, 5) is 45.0. The standard InChI is InChI=1S/C31H26ClFN4O4/c32-22-9-5-7-20(17-22)19-37-27(30(39)35-16-14-23-10-3-4-15-34-23)28(41-31(37)40)21-8-6-11-24(18-21)36-29(38)25-12-1-2-13-26(25)33/h1-13,15,17-18,27-28H,14,16,19H2,(H,35,39)(H,36,38)/t27-,28+/m1/s1. The summed E-state index contributed by atoms with van der Waals surface area (Å²) < 4.78 is 19.9. The van der Waals surface area contributed by atoms with Gasteiger partial charge in [-0.05, 0) is 59.7 Å². The van der Waals surface area contributed by atoms with Gasteiger partial charge < -0.3 is 15.4 Å². The van der Waals surface area contributed by atoms with E-state index in [1.165, 1.54) is 23.1 Å². The number of benzene rings is 3. The summed E-state index contributed by atoms with van der Waals surface area (Å²) in [6, 6.07) is 23.8. The molecule has 208 valence electrons. The second-order valence-corrected chi connectivity index (χ2v) is 9.86. The number of cyclic esters (lactones) is 1. The Labute approximate surface area is 241 Å². The molecule has 0 spiro atoms. The lowest BCUT2D eigenvalue weighted by Gasteiger charge is -2.24. The van der Waals surface area contributed by atoms with E-state index in [0.29, 0.717) is 29.2 Å². The molecule has 1 aliphatic heterocycles. The molecule has 0 unspecified atom stereocenters. The van der Waals surface area contributed by atoms with Crippen LogP contribution < -0.4 is 10.6 Å². The maximum atomic E-state index is 14.1. The molecule has 1 aliphatic rings. The number of nitrogens with one attached hydrogen (secondary N) is 2. The van der Waals surface area contributed by atoms with E-state index in [1.807, 2.05) is 18.2 Å². The quantitative estimate of drug-likeness (QED) is 0.274. The Morgan fingerprint density at radius 1 is 0.976 bits per heavy atom. The highest BCUT2D eigenvalue weighted by Crippen LogP contribution is 2.35. The van der Waals surface area contributed by atoms with Crippen LogP contribution in [0.2, 0.25) is 5.02 Å². The van der Waals surface area contributed by atoms with Crippen LogP contribution in [0.5, 0.6) is 0 Å². The second-order valence-electron chi connectivity index (χ2n) is 9.43. The van der Waals surface area contributed by atoms with Crippen molar-refractivity contribution in [3.63, 3.8) is 0 Å². The number of nitrogens with zero attached hydrogens (tertiary/aromatic N) is 2. The van der Waals surface area contributed by atoms with E-state index >= 15 is 0 Å². The van der Waals surface area contributed by atoms with E-state index in [1.54, 1.807) is 60.8 Å². The van der Waals surface area contributed by atoms with E-state index in [4.69, 9.17) is 16.3 Å². The summed E-state index contributed by atoms with van der Waals surface area (Å²) in [6.07, 6.45) is 0.550. The zero-order valence-electron chi connectivity index (χ0n) is 21.8. The number of pyridine rings is 1. The van der Waals surface area contributed by atoms with Gasteiger partial charge in [-0.2, -0.15) is 0 Å². The number of anilines is 1. The molecular formula is C31H26ClFN4O4. The fourth-order valence-electron chi connectivity index (χ4n) is 4.64. The van der Waals surface area contributed by atoms with E-state index in [2.05, 4.69) is 15.6 Å². The average molecular weight is 573 g/mol.